The molecule has 15 heavy (non-hydrogen) atoms. The number of hydrogen-bond acceptors (Lipinski definition) is 2. The highest BCUT2D eigenvalue weighted by Crippen LogP contribution is 2.47. The van der Waals surface area contributed by atoms with Crippen LogP contribution in [0.4, 0.5) is 0 Å². The molecule has 0 unspecified atom stereocenters. The van der Waals surface area contributed by atoms with Crippen molar-refractivity contribution in [3.05, 3.63) is 28.5 Å². The Morgan fingerprint density at radius 2 is 2.27 bits per heavy atom. The molecule has 76 valence electrons. The van der Waals surface area contributed by atoms with E-state index in [-0.39, 0.29) is 5.41 Å². The standard InChI is InChI=1S/C11H10ClN2P/c1-7(15)8-4-9(14-10(12)5-8)11(6-13)2-3-11/h4-5,15H,2-3H2,1H3. The van der Waals surface area contributed by atoms with Crippen LogP contribution >= 0.6 is 20.5 Å². The average Bonchev–Trinajstić information content (AvgIpc) is 2.97. The summed E-state index contributed by atoms with van der Waals surface area (Å²) in [4.78, 5) is 4.23. The van der Waals surface area contributed by atoms with Gasteiger partial charge in [0.05, 0.1) is 17.2 Å². The SMILES string of the molecule is CC(=P)c1cc(Cl)nc(C2(C#N)CC2)c1. The molecule has 0 aromatic carbocycles. The fourth-order valence-electron chi connectivity index (χ4n) is 1.51. The highest BCUT2D eigenvalue weighted by atomic mass is 35.5. The van der Waals surface area contributed by atoms with Crippen molar-refractivity contribution in [3.8, 4) is 6.07 Å². The van der Waals surface area contributed by atoms with E-state index in [2.05, 4.69) is 19.9 Å². The molecule has 1 aromatic rings. The molecule has 1 saturated carbocycles. The Morgan fingerprint density at radius 3 is 2.73 bits per heavy atom. The van der Waals surface area contributed by atoms with Crippen LogP contribution in [0.3, 0.4) is 0 Å². The third kappa shape index (κ3) is 1.91. The molecule has 0 spiro atoms. The summed E-state index contributed by atoms with van der Waals surface area (Å²) in [5, 5.41) is 10.5. The van der Waals surface area contributed by atoms with Crippen molar-refractivity contribution < 1.29 is 0 Å². The van der Waals surface area contributed by atoms with Gasteiger partial charge in [-0.05, 0) is 42.8 Å². The maximum Gasteiger partial charge on any atom is 0.130 e. The monoisotopic (exact) mass is 236 g/mol. The smallest absolute Gasteiger partial charge is 0.130 e. The largest absolute Gasteiger partial charge is 0.239 e. The van der Waals surface area contributed by atoms with E-state index < -0.39 is 0 Å². The van der Waals surface area contributed by atoms with Crippen LogP contribution in [0.1, 0.15) is 31.0 Å². The van der Waals surface area contributed by atoms with Crippen molar-refractivity contribution in [1.82, 2.24) is 4.98 Å². The number of pyridine rings is 1. The van der Waals surface area contributed by atoms with Crippen molar-refractivity contribution >= 4 is 25.8 Å². The van der Waals surface area contributed by atoms with Gasteiger partial charge < -0.3 is 0 Å². The number of nitrogens with zero attached hydrogens (tertiary/aromatic N) is 2. The van der Waals surface area contributed by atoms with Gasteiger partial charge in [0, 0.05) is 0 Å². The first-order valence-electron chi connectivity index (χ1n) is 4.72. The molecule has 0 N–H and O–H groups in total. The van der Waals surface area contributed by atoms with E-state index >= 15 is 0 Å². The minimum Gasteiger partial charge on any atom is -0.239 e. The Labute approximate surface area is 96.1 Å². The molecule has 1 fully saturated rings. The van der Waals surface area contributed by atoms with Crippen molar-refractivity contribution in [2.24, 2.45) is 0 Å². The van der Waals surface area contributed by atoms with E-state index in [0.29, 0.717) is 5.15 Å². The van der Waals surface area contributed by atoms with Crippen LogP contribution in [0.2, 0.25) is 5.15 Å². The summed E-state index contributed by atoms with van der Waals surface area (Å²) in [5.74, 6) is 0. The van der Waals surface area contributed by atoms with E-state index in [4.69, 9.17) is 16.9 Å². The lowest BCUT2D eigenvalue weighted by Crippen LogP contribution is -2.07. The molecule has 1 aliphatic carbocycles. The van der Waals surface area contributed by atoms with Gasteiger partial charge >= 0.3 is 0 Å². The Hall–Kier alpha value is -0.900. The van der Waals surface area contributed by atoms with Gasteiger partial charge in [-0.3, -0.25) is 0 Å². The zero-order valence-corrected chi connectivity index (χ0v) is 10.1. The molecular weight excluding hydrogens is 227 g/mol. The minimum absolute atomic E-state index is 0.374. The molecule has 1 aromatic heterocycles. The van der Waals surface area contributed by atoms with Crippen LogP contribution in [-0.2, 0) is 5.41 Å². The fourth-order valence-corrected chi connectivity index (χ4v) is 1.86. The Balaban J connectivity index is 2.50. The highest BCUT2D eigenvalue weighted by Gasteiger charge is 2.46. The summed E-state index contributed by atoms with van der Waals surface area (Å²) in [6.45, 7) is 1.94. The molecule has 0 bridgehead atoms. The van der Waals surface area contributed by atoms with Gasteiger partial charge in [-0.2, -0.15) is 5.26 Å². The fraction of sp³-hybridized carbons (Fsp3) is 0.364. The first-order chi connectivity index (χ1) is 7.07. The third-order valence-corrected chi connectivity index (χ3v) is 3.16. The lowest BCUT2D eigenvalue weighted by atomic mass is 10.0. The number of rotatable bonds is 2. The summed E-state index contributed by atoms with van der Waals surface area (Å²) < 4.78 is 0. The molecule has 2 nitrogen and oxygen atoms in total. The highest BCUT2D eigenvalue weighted by molar-refractivity contribution is 7.22. The van der Waals surface area contributed by atoms with Crippen molar-refractivity contribution in [3.63, 3.8) is 0 Å². The lowest BCUT2D eigenvalue weighted by Gasteiger charge is -2.08. The zero-order chi connectivity index (χ0) is 11.1. The van der Waals surface area contributed by atoms with E-state index in [0.717, 1.165) is 29.4 Å². The van der Waals surface area contributed by atoms with Gasteiger partial charge in [-0.15, -0.1) is 8.86 Å². The Bertz CT molecular complexity index is 472. The normalized spacial score (nSPS) is 16.9. The first-order valence-corrected chi connectivity index (χ1v) is 5.60. The van der Waals surface area contributed by atoms with Crippen LogP contribution in [0, 0.1) is 11.3 Å². The summed E-state index contributed by atoms with van der Waals surface area (Å²) in [6.07, 6.45) is 1.77. The van der Waals surface area contributed by atoms with Crippen LogP contribution in [0.15, 0.2) is 12.1 Å². The summed E-state index contributed by atoms with van der Waals surface area (Å²) in [5.41, 5.74) is 1.41. The maximum absolute atomic E-state index is 9.08. The summed E-state index contributed by atoms with van der Waals surface area (Å²) in [7, 11) is 3.46. The van der Waals surface area contributed by atoms with Crippen LogP contribution in [0.25, 0.3) is 0 Å². The molecule has 0 atom stereocenters. The van der Waals surface area contributed by atoms with Crippen molar-refractivity contribution in [2.75, 3.05) is 0 Å². The quantitative estimate of drug-likeness (QED) is 0.585. The maximum atomic E-state index is 9.08. The van der Waals surface area contributed by atoms with Gasteiger partial charge in [-0.1, -0.05) is 11.6 Å². The second-order valence-electron chi connectivity index (χ2n) is 3.88. The van der Waals surface area contributed by atoms with E-state index in [1.807, 2.05) is 13.0 Å². The summed E-state index contributed by atoms with van der Waals surface area (Å²) >= 11 is 5.93. The molecule has 2 rings (SSSR count). The van der Waals surface area contributed by atoms with Gasteiger partial charge in [-0.25, -0.2) is 4.98 Å². The van der Waals surface area contributed by atoms with E-state index in [1.54, 1.807) is 6.07 Å². The lowest BCUT2D eigenvalue weighted by molar-refractivity contribution is 0.854. The third-order valence-electron chi connectivity index (χ3n) is 2.68. The number of halogens is 1. The van der Waals surface area contributed by atoms with Crippen LogP contribution < -0.4 is 0 Å². The molecule has 1 aliphatic rings. The predicted octanol–water partition coefficient (Wildman–Crippen LogP) is 2.97. The van der Waals surface area contributed by atoms with E-state index in [1.165, 1.54) is 0 Å². The average molecular weight is 237 g/mol. The first kappa shape index (κ1) is 10.6. The molecular formula is C11H10ClN2P. The topological polar surface area (TPSA) is 36.7 Å². The zero-order valence-electron chi connectivity index (χ0n) is 8.34. The number of nitriles is 1. The van der Waals surface area contributed by atoms with Gasteiger partial charge in [0.15, 0.2) is 0 Å². The summed E-state index contributed by atoms with van der Waals surface area (Å²) in [6, 6.07) is 6.04. The van der Waals surface area contributed by atoms with Crippen molar-refractivity contribution in [1.29, 1.82) is 5.26 Å². The van der Waals surface area contributed by atoms with Gasteiger partial charge in [0.25, 0.3) is 0 Å². The molecule has 0 aliphatic heterocycles. The van der Waals surface area contributed by atoms with E-state index in [9.17, 15) is 0 Å². The number of aromatic nitrogens is 1. The van der Waals surface area contributed by atoms with Gasteiger partial charge in [0.1, 0.15) is 5.15 Å². The molecule has 1 heterocycles. The Kier molecular flexibility index (Phi) is 2.54. The number of hydrogen-bond donors (Lipinski definition) is 0. The molecule has 0 radical (unpaired) electrons. The van der Waals surface area contributed by atoms with Crippen LogP contribution in [0.5, 0.6) is 0 Å². The second kappa shape index (κ2) is 3.59. The van der Waals surface area contributed by atoms with Crippen LogP contribution in [-0.4, -0.2) is 10.3 Å². The van der Waals surface area contributed by atoms with Gasteiger partial charge in [0.2, 0.25) is 0 Å². The predicted molar refractivity (Wildman–Crippen MR) is 63.9 cm³/mol. The molecule has 4 heteroatoms. The Morgan fingerprint density at radius 1 is 1.60 bits per heavy atom. The molecule has 0 saturated heterocycles. The minimum atomic E-state index is -0.374. The second-order valence-corrected chi connectivity index (χ2v) is 5.02. The van der Waals surface area contributed by atoms with Crippen molar-refractivity contribution in [2.45, 2.75) is 25.2 Å². The molecule has 0 amide bonds.